The van der Waals surface area contributed by atoms with E-state index in [9.17, 15) is 18.0 Å². The van der Waals surface area contributed by atoms with E-state index in [1.807, 2.05) is 60.7 Å². The number of rotatable bonds is 11. The standard InChI is InChI=1S/C27H28N2O5S/c1-35(32,33)34-17-16-23(20-29-26(30)24-14-8-9-15-25(24)27(29)31)28(18-21-10-4-2-5-11-21)19-22-12-6-3-7-13-22/h2-15,23H,16-20H2,1H3/t23-/m0/s1. The first-order valence-electron chi connectivity index (χ1n) is 11.4. The molecule has 1 atom stereocenters. The molecular formula is C27H28N2O5S. The maximum atomic E-state index is 13.1. The molecule has 4 rings (SSSR count). The molecule has 0 aliphatic carbocycles. The SMILES string of the molecule is CS(=O)(=O)OCC[C@@H](CN1C(=O)c2ccccc2C1=O)N(Cc1ccccc1)Cc1ccccc1. The molecule has 0 fully saturated rings. The second-order valence-corrected chi connectivity index (χ2v) is 10.3. The summed E-state index contributed by atoms with van der Waals surface area (Å²) in [5.41, 5.74) is 2.92. The van der Waals surface area contributed by atoms with E-state index in [0.29, 0.717) is 30.6 Å². The number of nitrogens with zero attached hydrogens (tertiary/aromatic N) is 2. The van der Waals surface area contributed by atoms with Gasteiger partial charge in [-0.1, -0.05) is 72.8 Å². The third-order valence-electron chi connectivity index (χ3n) is 5.99. The molecule has 1 aliphatic rings. The van der Waals surface area contributed by atoms with Crippen molar-refractivity contribution in [1.29, 1.82) is 0 Å². The Morgan fingerprint density at radius 2 is 1.23 bits per heavy atom. The average molecular weight is 493 g/mol. The van der Waals surface area contributed by atoms with Crippen molar-refractivity contribution in [3.8, 4) is 0 Å². The van der Waals surface area contributed by atoms with Crippen LogP contribution in [0.1, 0.15) is 38.3 Å². The van der Waals surface area contributed by atoms with Gasteiger partial charge >= 0.3 is 0 Å². The lowest BCUT2D eigenvalue weighted by atomic mass is 10.1. The van der Waals surface area contributed by atoms with Crippen LogP contribution in [0.4, 0.5) is 0 Å². The minimum absolute atomic E-state index is 0.0489. The number of carbonyl (C=O) groups is 2. The second kappa shape index (κ2) is 10.9. The van der Waals surface area contributed by atoms with Gasteiger partial charge < -0.3 is 0 Å². The van der Waals surface area contributed by atoms with Gasteiger partial charge in [-0.25, -0.2) is 0 Å². The zero-order valence-electron chi connectivity index (χ0n) is 19.5. The lowest BCUT2D eigenvalue weighted by molar-refractivity contribution is 0.0552. The van der Waals surface area contributed by atoms with Gasteiger partial charge in [0.15, 0.2) is 0 Å². The molecule has 7 nitrogen and oxygen atoms in total. The zero-order valence-corrected chi connectivity index (χ0v) is 20.4. The Labute approximate surface area is 206 Å². The summed E-state index contributed by atoms with van der Waals surface area (Å²) in [5.74, 6) is -0.669. The van der Waals surface area contributed by atoms with Gasteiger partial charge in [0.1, 0.15) is 0 Å². The Balaban J connectivity index is 1.63. The first-order chi connectivity index (χ1) is 16.8. The van der Waals surface area contributed by atoms with Gasteiger partial charge in [-0.2, -0.15) is 8.42 Å². The summed E-state index contributed by atoms with van der Waals surface area (Å²) in [7, 11) is -3.62. The number of amides is 2. The molecule has 8 heteroatoms. The summed E-state index contributed by atoms with van der Waals surface area (Å²) in [6.45, 7) is 1.19. The highest BCUT2D eigenvalue weighted by atomic mass is 32.2. The van der Waals surface area contributed by atoms with Crippen LogP contribution in [0.3, 0.4) is 0 Å². The van der Waals surface area contributed by atoms with Crippen molar-refractivity contribution < 1.29 is 22.2 Å². The van der Waals surface area contributed by atoms with Crippen LogP contribution in [-0.2, 0) is 27.4 Å². The monoisotopic (exact) mass is 492 g/mol. The third kappa shape index (κ3) is 6.42. The molecule has 0 saturated carbocycles. The quantitative estimate of drug-likeness (QED) is 0.300. The van der Waals surface area contributed by atoms with Gasteiger partial charge in [0.05, 0.1) is 24.0 Å². The summed E-state index contributed by atoms with van der Waals surface area (Å²) in [6.07, 6.45) is 1.33. The van der Waals surface area contributed by atoms with Crippen molar-refractivity contribution in [3.05, 3.63) is 107 Å². The van der Waals surface area contributed by atoms with Crippen LogP contribution < -0.4 is 0 Å². The summed E-state index contributed by atoms with van der Waals surface area (Å²) < 4.78 is 28.3. The van der Waals surface area contributed by atoms with Crippen LogP contribution in [-0.4, -0.2) is 55.5 Å². The molecule has 3 aromatic carbocycles. The Hall–Kier alpha value is -3.33. The summed E-state index contributed by atoms with van der Waals surface area (Å²) in [6, 6.07) is 26.3. The van der Waals surface area contributed by atoms with Crippen molar-refractivity contribution in [1.82, 2.24) is 9.80 Å². The van der Waals surface area contributed by atoms with Crippen molar-refractivity contribution in [2.24, 2.45) is 0 Å². The van der Waals surface area contributed by atoms with Crippen LogP contribution >= 0.6 is 0 Å². The average Bonchev–Trinajstić information content (AvgIpc) is 3.08. The summed E-state index contributed by atoms with van der Waals surface area (Å²) >= 11 is 0. The number of carbonyl (C=O) groups excluding carboxylic acids is 2. The van der Waals surface area contributed by atoms with Crippen molar-refractivity contribution in [2.75, 3.05) is 19.4 Å². The van der Waals surface area contributed by atoms with E-state index in [1.54, 1.807) is 24.3 Å². The van der Waals surface area contributed by atoms with Crippen LogP contribution in [0, 0.1) is 0 Å². The highest BCUT2D eigenvalue weighted by molar-refractivity contribution is 7.85. The van der Waals surface area contributed by atoms with Gasteiger partial charge in [0, 0.05) is 25.7 Å². The predicted molar refractivity (Wildman–Crippen MR) is 133 cm³/mol. The van der Waals surface area contributed by atoms with Gasteiger partial charge in [-0.3, -0.25) is 23.6 Å². The van der Waals surface area contributed by atoms with Crippen molar-refractivity contribution in [2.45, 2.75) is 25.6 Å². The number of benzene rings is 3. The maximum Gasteiger partial charge on any atom is 0.264 e. The Morgan fingerprint density at radius 1 is 0.771 bits per heavy atom. The molecular weight excluding hydrogens is 464 g/mol. The first-order valence-corrected chi connectivity index (χ1v) is 13.2. The second-order valence-electron chi connectivity index (χ2n) is 8.61. The molecule has 0 N–H and O–H groups in total. The number of hydrogen-bond donors (Lipinski definition) is 0. The molecule has 35 heavy (non-hydrogen) atoms. The third-order valence-corrected chi connectivity index (χ3v) is 6.59. The molecule has 0 aromatic heterocycles. The summed E-state index contributed by atoms with van der Waals surface area (Å²) in [5, 5.41) is 0. The van der Waals surface area contributed by atoms with E-state index in [-0.39, 0.29) is 31.0 Å². The van der Waals surface area contributed by atoms with Crippen LogP contribution in [0.15, 0.2) is 84.9 Å². The number of hydrogen-bond acceptors (Lipinski definition) is 6. The Kier molecular flexibility index (Phi) is 7.75. The molecule has 1 heterocycles. The highest BCUT2D eigenvalue weighted by Crippen LogP contribution is 2.25. The van der Waals surface area contributed by atoms with Crippen LogP contribution in [0.5, 0.6) is 0 Å². The van der Waals surface area contributed by atoms with Crippen molar-refractivity contribution >= 4 is 21.9 Å². The van der Waals surface area contributed by atoms with Crippen molar-refractivity contribution in [3.63, 3.8) is 0 Å². The maximum absolute atomic E-state index is 13.1. The predicted octanol–water partition coefficient (Wildman–Crippen LogP) is 3.72. The van der Waals surface area contributed by atoms with E-state index in [0.717, 1.165) is 17.4 Å². The fourth-order valence-corrected chi connectivity index (χ4v) is 4.69. The van der Waals surface area contributed by atoms with E-state index in [4.69, 9.17) is 4.18 Å². The van der Waals surface area contributed by atoms with Crippen LogP contribution in [0.25, 0.3) is 0 Å². The molecule has 0 saturated heterocycles. The van der Waals surface area contributed by atoms with E-state index in [1.165, 1.54) is 4.90 Å². The normalized spacial score (nSPS) is 14.4. The molecule has 0 radical (unpaired) electrons. The molecule has 3 aromatic rings. The number of fused-ring (bicyclic) bond motifs is 1. The topological polar surface area (TPSA) is 84.0 Å². The molecule has 0 spiro atoms. The van der Waals surface area contributed by atoms with Gasteiger partial charge in [0.2, 0.25) is 0 Å². The molecule has 0 bridgehead atoms. The van der Waals surface area contributed by atoms with Gasteiger partial charge in [0.25, 0.3) is 21.9 Å². The molecule has 0 unspecified atom stereocenters. The number of imide groups is 1. The fourth-order valence-electron chi connectivity index (χ4n) is 4.29. The molecule has 182 valence electrons. The molecule has 2 amide bonds. The lowest BCUT2D eigenvalue weighted by Gasteiger charge is -2.34. The first kappa shape index (κ1) is 24.8. The van der Waals surface area contributed by atoms with Crippen LogP contribution in [0.2, 0.25) is 0 Å². The van der Waals surface area contributed by atoms with E-state index in [2.05, 4.69) is 4.90 Å². The van der Waals surface area contributed by atoms with Gasteiger partial charge in [-0.15, -0.1) is 0 Å². The Morgan fingerprint density at radius 3 is 1.69 bits per heavy atom. The highest BCUT2D eigenvalue weighted by Gasteiger charge is 2.37. The zero-order chi connectivity index (χ0) is 24.8. The lowest BCUT2D eigenvalue weighted by Crippen LogP contribution is -2.46. The largest absolute Gasteiger partial charge is 0.290 e. The fraction of sp³-hybridized carbons (Fsp3) is 0.259. The minimum atomic E-state index is -3.62. The smallest absolute Gasteiger partial charge is 0.264 e. The minimum Gasteiger partial charge on any atom is -0.290 e. The van der Waals surface area contributed by atoms with E-state index < -0.39 is 10.1 Å². The Bertz CT molecular complexity index is 1200. The van der Waals surface area contributed by atoms with E-state index >= 15 is 0 Å². The molecule has 1 aliphatic heterocycles. The summed E-state index contributed by atoms with van der Waals surface area (Å²) in [4.78, 5) is 29.6. The van der Waals surface area contributed by atoms with Gasteiger partial charge in [-0.05, 0) is 29.7 Å².